The van der Waals surface area contributed by atoms with Crippen molar-refractivity contribution in [2.75, 3.05) is 11.9 Å². The Morgan fingerprint density at radius 3 is 2.31 bits per heavy atom. The zero-order valence-corrected chi connectivity index (χ0v) is 21.5. The van der Waals surface area contributed by atoms with Gasteiger partial charge in [-0.3, -0.25) is 0 Å². The number of benzene rings is 2. The van der Waals surface area contributed by atoms with Crippen LogP contribution in [0, 0.1) is 17.5 Å². The van der Waals surface area contributed by atoms with Crippen molar-refractivity contribution < 1.29 is 27.4 Å². The molecule has 1 aliphatic rings. The van der Waals surface area contributed by atoms with Gasteiger partial charge in [0.05, 0.1) is 12.6 Å². The van der Waals surface area contributed by atoms with Crippen LogP contribution >= 0.6 is 15.9 Å². The molecule has 192 valence electrons. The molecule has 0 N–H and O–H groups in total. The number of carbonyl (C=O) groups excluding carboxylic acids is 1. The molecule has 0 unspecified atom stereocenters. The molecule has 8 heteroatoms. The first-order chi connectivity index (χ1) is 17.0. The highest BCUT2D eigenvalue weighted by Gasteiger charge is 2.31. The minimum Gasteiger partial charge on any atom is -0.445 e. The maximum atomic E-state index is 14.4. The van der Waals surface area contributed by atoms with E-state index < -0.39 is 23.5 Å². The van der Waals surface area contributed by atoms with Gasteiger partial charge in [-0.05, 0) is 50.2 Å². The van der Waals surface area contributed by atoms with E-state index in [-0.39, 0.29) is 30.9 Å². The monoisotopic (exact) mass is 555 g/mol. The molecule has 0 spiro atoms. The van der Waals surface area contributed by atoms with Gasteiger partial charge in [0.25, 0.3) is 0 Å². The number of carbonyl (C=O) groups is 1. The average Bonchev–Trinajstić information content (AvgIpc) is 2.87. The Labute approximate surface area is 213 Å². The molecule has 0 bridgehead atoms. The molecular formula is C27H33BrF3NO3. The standard InChI is InChI=1S/C27H33BrF3NO3/c28-14-6-1-2-7-15-34-23-12-10-22(11-13-23)32(18-21-16-25(30)26(31)17-24(21)29)27(33)35-19-20-8-4-3-5-9-20/h3-5,8-9,16-17,22-23H,1-2,6-7,10-15,18-19H2/t22-,23-. The lowest BCUT2D eigenvalue weighted by Crippen LogP contribution is -2.43. The second-order valence-electron chi connectivity index (χ2n) is 8.93. The van der Waals surface area contributed by atoms with E-state index >= 15 is 0 Å². The minimum absolute atomic E-state index is 0.0734. The van der Waals surface area contributed by atoms with Crippen LogP contribution in [-0.2, 0) is 22.6 Å². The van der Waals surface area contributed by atoms with E-state index in [1.54, 1.807) is 0 Å². The van der Waals surface area contributed by atoms with Crippen LogP contribution in [0.3, 0.4) is 0 Å². The smallest absolute Gasteiger partial charge is 0.410 e. The highest BCUT2D eigenvalue weighted by Crippen LogP contribution is 2.28. The van der Waals surface area contributed by atoms with Crippen molar-refractivity contribution in [2.45, 2.75) is 76.7 Å². The fourth-order valence-corrected chi connectivity index (χ4v) is 4.73. The van der Waals surface area contributed by atoms with E-state index in [4.69, 9.17) is 9.47 Å². The molecule has 2 aromatic carbocycles. The summed E-state index contributed by atoms with van der Waals surface area (Å²) in [6.45, 7) is 0.602. The van der Waals surface area contributed by atoms with E-state index in [1.165, 1.54) is 17.7 Å². The molecule has 0 atom stereocenters. The predicted octanol–water partition coefficient (Wildman–Crippen LogP) is 7.53. The van der Waals surface area contributed by atoms with E-state index in [0.29, 0.717) is 18.9 Å². The van der Waals surface area contributed by atoms with Crippen LogP contribution in [0.1, 0.15) is 62.5 Å². The van der Waals surface area contributed by atoms with E-state index in [9.17, 15) is 18.0 Å². The molecule has 0 saturated heterocycles. The Morgan fingerprint density at radius 2 is 1.60 bits per heavy atom. The van der Waals surface area contributed by atoms with E-state index in [2.05, 4.69) is 15.9 Å². The number of amides is 1. The summed E-state index contributed by atoms with van der Waals surface area (Å²) in [6, 6.07) is 10.4. The summed E-state index contributed by atoms with van der Waals surface area (Å²) in [6.07, 6.45) is 6.92. The van der Waals surface area contributed by atoms with E-state index in [1.807, 2.05) is 30.3 Å². The number of alkyl halides is 1. The first-order valence-corrected chi connectivity index (χ1v) is 13.4. The summed E-state index contributed by atoms with van der Waals surface area (Å²) in [4.78, 5) is 14.5. The molecule has 1 fully saturated rings. The van der Waals surface area contributed by atoms with Crippen LogP contribution < -0.4 is 0 Å². The lowest BCUT2D eigenvalue weighted by Gasteiger charge is -2.36. The number of halogens is 4. The third kappa shape index (κ3) is 8.83. The van der Waals surface area contributed by atoms with Gasteiger partial charge in [0.2, 0.25) is 0 Å². The summed E-state index contributed by atoms with van der Waals surface area (Å²) < 4.78 is 53.1. The fourth-order valence-electron chi connectivity index (χ4n) is 4.34. The van der Waals surface area contributed by atoms with Gasteiger partial charge in [-0.2, -0.15) is 0 Å². The normalized spacial score (nSPS) is 17.8. The van der Waals surface area contributed by atoms with Gasteiger partial charge in [-0.1, -0.05) is 59.1 Å². The number of nitrogens with zero attached hydrogens (tertiary/aromatic N) is 1. The first kappa shape index (κ1) is 27.5. The highest BCUT2D eigenvalue weighted by molar-refractivity contribution is 9.09. The summed E-state index contributed by atoms with van der Waals surface area (Å²) in [5.41, 5.74) is 0.746. The van der Waals surface area contributed by atoms with Crippen LogP contribution in [0.5, 0.6) is 0 Å². The molecule has 0 aromatic heterocycles. The molecular weight excluding hydrogens is 523 g/mol. The zero-order chi connectivity index (χ0) is 25.0. The number of hydrogen-bond donors (Lipinski definition) is 0. The van der Waals surface area contributed by atoms with Crippen molar-refractivity contribution in [2.24, 2.45) is 0 Å². The van der Waals surface area contributed by atoms with Crippen molar-refractivity contribution in [1.29, 1.82) is 0 Å². The molecule has 1 amide bonds. The number of ether oxygens (including phenoxy) is 2. The summed E-state index contributed by atoms with van der Waals surface area (Å²) in [5, 5.41) is 1.02. The van der Waals surface area contributed by atoms with Gasteiger partial charge in [0.1, 0.15) is 12.4 Å². The van der Waals surface area contributed by atoms with Gasteiger partial charge in [-0.15, -0.1) is 0 Å². The minimum atomic E-state index is -1.26. The SMILES string of the molecule is O=C(OCc1ccccc1)N(Cc1cc(F)c(F)cc1F)[C@H]1CC[C@H](OCCCCCCBr)CC1. The topological polar surface area (TPSA) is 38.8 Å². The molecule has 0 radical (unpaired) electrons. The van der Waals surface area contributed by atoms with Gasteiger partial charge in [-0.25, -0.2) is 18.0 Å². The van der Waals surface area contributed by atoms with Crippen molar-refractivity contribution in [1.82, 2.24) is 4.90 Å². The largest absolute Gasteiger partial charge is 0.445 e. The van der Waals surface area contributed by atoms with Crippen LogP contribution in [0.4, 0.5) is 18.0 Å². The lowest BCUT2D eigenvalue weighted by atomic mass is 9.91. The summed E-state index contributed by atoms with van der Waals surface area (Å²) >= 11 is 3.44. The van der Waals surface area contributed by atoms with E-state index in [0.717, 1.165) is 49.3 Å². The molecule has 0 heterocycles. The molecule has 2 aromatic rings. The Hall–Kier alpha value is -2.06. The summed E-state index contributed by atoms with van der Waals surface area (Å²) in [5.74, 6) is -3.29. The Bertz CT molecular complexity index is 923. The lowest BCUT2D eigenvalue weighted by molar-refractivity contribution is 0.00183. The highest BCUT2D eigenvalue weighted by atomic mass is 79.9. The fraction of sp³-hybridized carbons (Fsp3) is 0.519. The Kier molecular flexibility index (Phi) is 11.4. The summed E-state index contributed by atoms with van der Waals surface area (Å²) in [7, 11) is 0. The second kappa shape index (κ2) is 14.5. The molecule has 4 nitrogen and oxygen atoms in total. The molecule has 35 heavy (non-hydrogen) atoms. The van der Waals surface area contributed by atoms with Crippen molar-refractivity contribution in [3.63, 3.8) is 0 Å². The first-order valence-electron chi connectivity index (χ1n) is 12.3. The molecule has 0 aliphatic heterocycles. The van der Waals surface area contributed by atoms with Gasteiger partial charge in [0.15, 0.2) is 11.6 Å². The van der Waals surface area contributed by atoms with Crippen molar-refractivity contribution >= 4 is 22.0 Å². The predicted molar refractivity (Wildman–Crippen MR) is 133 cm³/mol. The van der Waals surface area contributed by atoms with Gasteiger partial charge >= 0.3 is 6.09 Å². The molecule has 3 rings (SSSR count). The van der Waals surface area contributed by atoms with Crippen molar-refractivity contribution in [3.8, 4) is 0 Å². The number of rotatable bonds is 12. The maximum Gasteiger partial charge on any atom is 0.410 e. The number of hydrogen-bond acceptors (Lipinski definition) is 3. The zero-order valence-electron chi connectivity index (χ0n) is 19.9. The average molecular weight is 556 g/mol. The number of unbranched alkanes of at least 4 members (excludes halogenated alkanes) is 3. The van der Waals surface area contributed by atoms with Gasteiger partial charge < -0.3 is 14.4 Å². The molecule has 1 saturated carbocycles. The Balaban J connectivity index is 1.60. The van der Waals surface area contributed by atoms with Crippen LogP contribution in [-0.4, -0.2) is 35.1 Å². The van der Waals surface area contributed by atoms with Crippen LogP contribution in [0.2, 0.25) is 0 Å². The van der Waals surface area contributed by atoms with Crippen LogP contribution in [0.25, 0.3) is 0 Å². The van der Waals surface area contributed by atoms with Gasteiger partial charge in [0, 0.05) is 29.6 Å². The third-order valence-electron chi connectivity index (χ3n) is 6.34. The third-order valence-corrected chi connectivity index (χ3v) is 6.90. The van der Waals surface area contributed by atoms with Crippen molar-refractivity contribution in [3.05, 3.63) is 71.0 Å². The second-order valence-corrected chi connectivity index (χ2v) is 9.72. The maximum absolute atomic E-state index is 14.4. The Morgan fingerprint density at radius 1 is 0.914 bits per heavy atom. The quantitative estimate of drug-likeness (QED) is 0.154. The van der Waals surface area contributed by atoms with Crippen LogP contribution in [0.15, 0.2) is 42.5 Å². The molecule has 1 aliphatic carbocycles.